The van der Waals surface area contributed by atoms with Crippen molar-refractivity contribution in [1.82, 2.24) is 9.97 Å². The smallest absolute Gasteiger partial charge is 0.142 e. The molecule has 1 aliphatic carbocycles. The molecule has 0 unspecified atom stereocenters. The molecular formula is C12H15N3. The Labute approximate surface area is 90.2 Å². The molecule has 1 aliphatic rings. The van der Waals surface area contributed by atoms with Gasteiger partial charge in [0.1, 0.15) is 5.82 Å². The Hall–Kier alpha value is -1.43. The van der Waals surface area contributed by atoms with Crippen molar-refractivity contribution in [2.75, 3.05) is 0 Å². The summed E-state index contributed by atoms with van der Waals surface area (Å²) in [4.78, 5) is 8.54. The SMILES string of the molecule is N#CCc1nccc(C2CCCCC2)n1. The molecule has 3 nitrogen and oxygen atoms in total. The van der Waals surface area contributed by atoms with Gasteiger partial charge >= 0.3 is 0 Å². The van der Waals surface area contributed by atoms with Crippen LogP contribution in [0.4, 0.5) is 0 Å². The highest BCUT2D eigenvalue weighted by molar-refractivity contribution is 5.10. The van der Waals surface area contributed by atoms with Crippen molar-refractivity contribution in [1.29, 1.82) is 5.26 Å². The molecule has 2 rings (SSSR count). The Morgan fingerprint density at radius 2 is 2.13 bits per heavy atom. The van der Waals surface area contributed by atoms with E-state index in [0.717, 1.165) is 5.69 Å². The van der Waals surface area contributed by atoms with Gasteiger partial charge in [0.25, 0.3) is 0 Å². The number of aromatic nitrogens is 2. The van der Waals surface area contributed by atoms with E-state index in [4.69, 9.17) is 5.26 Å². The molecule has 3 heteroatoms. The minimum Gasteiger partial charge on any atom is -0.240 e. The van der Waals surface area contributed by atoms with E-state index in [1.807, 2.05) is 6.07 Å². The third-order valence-electron chi connectivity index (χ3n) is 2.99. The maximum atomic E-state index is 8.59. The van der Waals surface area contributed by atoms with Gasteiger partial charge < -0.3 is 0 Å². The van der Waals surface area contributed by atoms with Crippen LogP contribution < -0.4 is 0 Å². The predicted molar refractivity (Wildman–Crippen MR) is 57.2 cm³/mol. The van der Waals surface area contributed by atoms with Gasteiger partial charge in [-0.15, -0.1) is 0 Å². The molecule has 78 valence electrons. The van der Waals surface area contributed by atoms with Gasteiger partial charge in [-0.3, -0.25) is 0 Å². The van der Waals surface area contributed by atoms with E-state index in [9.17, 15) is 0 Å². The second-order valence-corrected chi connectivity index (χ2v) is 4.07. The van der Waals surface area contributed by atoms with Gasteiger partial charge in [-0.25, -0.2) is 9.97 Å². The van der Waals surface area contributed by atoms with Crippen LogP contribution in [0, 0.1) is 11.3 Å². The Kier molecular flexibility index (Phi) is 3.29. The topological polar surface area (TPSA) is 49.6 Å². The van der Waals surface area contributed by atoms with Crippen LogP contribution in [-0.4, -0.2) is 9.97 Å². The van der Waals surface area contributed by atoms with Crippen molar-refractivity contribution in [2.45, 2.75) is 44.4 Å². The maximum Gasteiger partial charge on any atom is 0.142 e. The van der Waals surface area contributed by atoms with Gasteiger partial charge in [0.15, 0.2) is 0 Å². The average molecular weight is 201 g/mol. The number of rotatable bonds is 2. The van der Waals surface area contributed by atoms with Crippen LogP contribution in [0.1, 0.15) is 49.5 Å². The summed E-state index contributed by atoms with van der Waals surface area (Å²) < 4.78 is 0. The summed E-state index contributed by atoms with van der Waals surface area (Å²) in [7, 11) is 0. The van der Waals surface area contributed by atoms with E-state index in [2.05, 4.69) is 16.0 Å². The molecule has 1 saturated carbocycles. The summed E-state index contributed by atoms with van der Waals surface area (Å²) in [6.07, 6.45) is 8.55. The minimum absolute atomic E-state index is 0.320. The van der Waals surface area contributed by atoms with Crippen molar-refractivity contribution in [3.05, 3.63) is 23.8 Å². The van der Waals surface area contributed by atoms with Gasteiger partial charge in [-0.2, -0.15) is 5.26 Å². The molecule has 0 saturated heterocycles. The summed E-state index contributed by atoms with van der Waals surface area (Å²) in [6.45, 7) is 0. The molecule has 0 aromatic carbocycles. The highest BCUT2D eigenvalue weighted by atomic mass is 14.9. The molecule has 0 amide bonds. The summed E-state index contributed by atoms with van der Waals surface area (Å²) in [5.41, 5.74) is 1.13. The fraction of sp³-hybridized carbons (Fsp3) is 0.583. The zero-order valence-electron chi connectivity index (χ0n) is 8.82. The van der Waals surface area contributed by atoms with Crippen LogP contribution >= 0.6 is 0 Å². The molecular weight excluding hydrogens is 186 g/mol. The second-order valence-electron chi connectivity index (χ2n) is 4.07. The van der Waals surface area contributed by atoms with Crippen molar-refractivity contribution in [3.63, 3.8) is 0 Å². The largest absolute Gasteiger partial charge is 0.240 e. The van der Waals surface area contributed by atoms with Gasteiger partial charge in [0.05, 0.1) is 12.5 Å². The van der Waals surface area contributed by atoms with E-state index >= 15 is 0 Å². The Morgan fingerprint density at radius 3 is 2.87 bits per heavy atom. The second kappa shape index (κ2) is 4.88. The molecule has 1 heterocycles. The lowest BCUT2D eigenvalue weighted by Crippen LogP contribution is -2.08. The quantitative estimate of drug-likeness (QED) is 0.739. The van der Waals surface area contributed by atoms with Crippen LogP contribution in [0.5, 0.6) is 0 Å². The van der Waals surface area contributed by atoms with E-state index in [0.29, 0.717) is 18.2 Å². The molecule has 15 heavy (non-hydrogen) atoms. The first kappa shape index (κ1) is 10.1. The molecule has 0 bridgehead atoms. The van der Waals surface area contributed by atoms with Gasteiger partial charge in [-0.1, -0.05) is 19.3 Å². The first-order valence-corrected chi connectivity index (χ1v) is 5.59. The maximum absolute atomic E-state index is 8.59. The summed E-state index contributed by atoms with van der Waals surface area (Å²) in [6, 6.07) is 4.09. The zero-order chi connectivity index (χ0) is 10.5. The third kappa shape index (κ3) is 2.53. The molecule has 1 fully saturated rings. The number of nitriles is 1. The van der Waals surface area contributed by atoms with Gasteiger partial charge in [-0.05, 0) is 18.9 Å². The van der Waals surface area contributed by atoms with Crippen molar-refractivity contribution in [2.24, 2.45) is 0 Å². The number of nitrogens with zero attached hydrogens (tertiary/aromatic N) is 3. The standard InChI is InChI=1S/C12H15N3/c13-8-6-12-14-9-7-11(15-12)10-4-2-1-3-5-10/h7,9-10H,1-6H2. The fourth-order valence-electron chi connectivity index (χ4n) is 2.20. The molecule has 0 aliphatic heterocycles. The first-order chi connectivity index (χ1) is 7.40. The molecule has 0 atom stereocenters. The molecule has 0 N–H and O–H groups in total. The molecule has 0 radical (unpaired) electrons. The lowest BCUT2D eigenvalue weighted by molar-refractivity contribution is 0.435. The lowest BCUT2D eigenvalue weighted by atomic mass is 9.87. The Balaban J connectivity index is 2.13. The predicted octanol–water partition coefficient (Wildman–Crippen LogP) is 2.59. The first-order valence-electron chi connectivity index (χ1n) is 5.59. The molecule has 1 aromatic heterocycles. The number of hydrogen-bond donors (Lipinski definition) is 0. The monoisotopic (exact) mass is 201 g/mol. The van der Waals surface area contributed by atoms with Gasteiger partial charge in [0.2, 0.25) is 0 Å². The summed E-state index contributed by atoms with van der Waals surface area (Å²) in [5, 5.41) is 8.59. The molecule has 0 spiro atoms. The average Bonchev–Trinajstić information content (AvgIpc) is 2.31. The van der Waals surface area contributed by atoms with Crippen molar-refractivity contribution in [3.8, 4) is 6.07 Å². The van der Waals surface area contributed by atoms with Crippen LogP contribution in [0.15, 0.2) is 12.3 Å². The van der Waals surface area contributed by atoms with Gasteiger partial charge in [0, 0.05) is 17.8 Å². The van der Waals surface area contributed by atoms with E-state index in [-0.39, 0.29) is 0 Å². The number of hydrogen-bond acceptors (Lipinski definition) is 3. The highest BCUT2D eigenvalue weighted by Gasteiger charge is 2.16. The van der Waals surface area contributed by atoms with E-state index < -0.39 is 0 Å². The molecule has 1 aromatic rings. The normalized spacial score (nSPS) is 17.3. The van der Waals surface area contributed by atoms with E-state index in [1.54, 1.807) is 6.20 Å². The Morgan fingerprint density at radius 1 is 1.33 bits per heavy atom. The fourth-order valence-corrected chi connectivity index (χ4v) is 2.20. The third-order valence-corrected chi connectivity index (χ3v) is 2.99. The van der Waals surface area contributed by atoms with Crippen LogP contribution in [0.3, 0.4) is 0 Å². The van der Waals surface area contributed by atoms with Crippen molar-refractivity contribution >= 4 is 0 Å². The summed E-state index contributed by atoms with van der Waals surface area (Å²) >= 11 is 0. The van der Waals surface area contributed by atoms with Crippen LogP contribution in [0.2, 0.25) is 0 Å². The van der Waals surface area contributed by atoms with Crippen molar-refractivity contribution < 1.29 is 0 Å². The van der Waals surface area contributed by atoms with E-state index in [1.165, 1.54) is 32.1 Å². The Bertz CT molecular complexity index is 361. The lowest BCUT2D eigenvalue weighted by Gasteiger charge is -2.20. The van der Waals surface area contributed by atoms with Crippen LogP contribution in [0.25, 0.3) is 0 Å². The highest BCUT2D eigenvalue weighted by Crippen LogP contribution is 2.31. The zero-order valence-corrected chi connectivity index (χ0v) is 8.82. The summed E-state index contributed by atoms with van der Waals surface area (Å²) in [5.74, 6) is 1.26. The minimum atomic E-state index is 0.320. The van der Waals surface area contributed by atoms with Crippen LogP contribution in [-0.2, 0) is 6.42 Å².